The number of aromatic hydroxyl groups is 1. The van der Waals surface area contributed by atoms with E-state index in [9.17, 15) is 29.1 Å². The van der Waals surface area contributed by atoms with Crippen LogP contribution in [0, 0.1) is 0 Å². The standard InChI is InChI=1S/C29H38N6O6/c1-35-24(17-18-6-3-2-4-7-18)28(40)33-22(26(31)38)13-14-25(37)32-15-5-8-23(29(35)41)34-27(39)21(30)16-19-9-11-20(36)12-10-19/h2-4,6-7,9-12,21-24,36H,5,8,13-17,30H2,1H3,(H2,31,38)(H,32,37)(H,33,40)(H,34,39)/t21-,22?,23+,24-/m0/s1. The number of rotatable bonds is 7. The lowest BCUT2D eigenvalue weighted by Gasteiger charge is -2.32. The molecule has 1 fully saturated rings. The Morgan fingerprint density at radius 3 is 2.39 bits per heavy atom. The Labute approximate surface area is 238 Å². The van der Waals surface area contributed by atoms with Crippen molar-refractivity contribution in [3.05, 3.63) is 65.7 Å². The fourth-order valence-corrected chi connectivity index (χ4v) is 4.61. The van der Waals surface area contributed by atoms with Crippen LogP contribution in [-0.4, -0.2) is 77.3 Å². The first-order chi connectivity index (χ1) is 19.5. The van der Waals surface area contributed by atoms with Gasteiger partial charge < -0.3 is 37.4 Å². The SMILES string of the molecule is CN1C(=O)[C@H](NC(=O)[C@@H](N)Cc2ccc(O)cc2)CCCNC(=O)CCC(C(N)=O)NC(=O)[C@@H]1Cc1ccccc1. The van der Waals surface area contributed by atoms with Crippen LogP contribution < -0.4 is 27.4 Å². The van der Waals surface area contributed by atoms with Crippen molar-refractivity contribution < 1.29 is 29.1 Å². The minimum atomic E-state index is -1.11. The van der Waals surface area contributed by atoms with E-state index in [1.165, 1.54) is 24.1 Å². The van der Waals surface area contributed by atoms with Gasteiger partial charge in [-0.2, -0.15) is 0 Å². The lowest BCUT2D eigenvalue weighted by atomic mass is 10.0. The summed E-state index contributed by atoms with van der Waals surface area (Å²) in [6, 6.07) is 11.2. The van der Waals surface area contributed by atoms with Crippen LogP contribution in [0.1, 0.15) is 36.8 Å². The van der Waals surface area contributed by atoms with E-state index < -0.39 is 47.8 Å². The Kier molecular flexibility index (Phi) is 11.2. The van der Waals surface area contributed by atoms with Crippen LogP contribution in [-0.2, 0) is 36.8 Å². The number of carbonyl (C=O) groups excluding carboxylic acids is 5. The molecule has 4 atom stereocenters. The highest BCUT2D eigenvalue weighted by Gasteiger charge is 2.34. The van der Waals surface area contributed by atoms with Crippen molar-refractivity contribution in [3.63, 3.8) is 0 Å². The lowest BCUT2D eigenvalue weighted by molar-refractivity contribution is -0.142. The van der Waals surface area contributed by atoms with Gasteiger partial charge in [0.05, 0.1) is 6.04 Å². The number of primary amides is 1. The quantitative estimate of drug-likeness (QED) is 0.259. The highest BCUT2D eigenvalue weighted by atomic mass is 16.3. The zero-order valence-corrected chi connectivity index (χ0v) is 23.0. The molecule has 3 rings (SSSR count). The molecule has 8 N–H and O–H groups in total. The van der Waals surface area contributed by atoms with E-state index in [1.54, 1.807) is 24.3 Å². The predicted molar refractivity (Wildman–Crippen MR) is 151 cm³/mol. The van der Waals surface area contributed by atoms with Gasteiger partial charge in [0, 0.05) is 26.4 Å². The van der Waals surface area contributed by atoms with Crippen molar-refractivity contribution in [3.8, 4) is 5.75 Å². The summed E-state index contributed by atoms with van der Waals surface area (Å²) in [6.07, 6.45) is 0.843. The zero-order valence-electron chi connectivity index (χ0n) is 23.0. The zero-order chi connectivity index (χ0) is 29.9. The van der Waals surface area contributed by atoms with Gasteiger partial charge in [-0.15, -0.1) is 0 Å². The van der Waals surface area contributed by atoms with Crippen molar-refractivity contribution in [2.45, 2.75) is 62.7 Å². The molecule has 1 aliphatic heterocycles. The molecule has 12 nitrogen and oxygen atoms in total. The molecule has 0 bridgehead atoms. The van der Waals surface area contributed by atoms with Crippen LogP contribution in [0.3, 0.4) is 0 Å². The summed E-state index contributed by atoms with van der Waals surface area (Å²) in [7, 11) is 1.47. The molecule has 1 aliphatic rings. The second-order valence-electron chi connectivity index (χ2n) is 10.2. The molecule has 1 heterocycles. The van der Waals surface area contributed by atoms with Gasteiger partial charge in [-0.3, -0.25) is 24.0 Å². The Balaban J connectivity index is 1.85. The van der Waals surface area contributed by atoms with Gasteiger partial charge in [0.1, 0.15) is 23.9 Å². The van der Waals surface area contributed by atoms with E-state index in [0.717, 1.165) is 11.1 Å². The third-order valence-corrected chi connectivity index (χ3v) is 7.04. The largest absolute Gasteiger partial charge is 0.508 e. The van der Waals surface area contributed by atoms with Crippen LogP contribution in [0.4, 0.5) is 0 Å². The molecule has 41 heavy (non-hydrogen) atoms. The third-order valence-electron chi connectivity index (χ3n) is 7.04. The highest BCUT2D eigenvalue weighted by Crippen LogP contribution is 2.14. The van der Waals surface area contributed by atoms with Crippen molar-refractivity contribution >= 4 is 29.5 Å². The number of nitrogens with zero attached hydrogens (tertiary/aromatic N) is 1. The number of nitrogens with two attached hydrogens (primary N) is 2. The summed E-state index contributed by atoms with van der Waals surface area (Å²) in [5, 5.41) is 17.5. The molecular weight excluding hydrogens is 528 g/mol. The topological polar surface area (TPSA) is 197 Å². The van der Waals surface area contributed by atoms with Gasteiger partial charge in [0.2, 0.25) is 29.5 Å². The van der Waals surface area contributed by atoms with Crippen molar-refractivity contribution in [1.82, 2.24) is 20.9 Å². The molecule has 0 spiro atoms. The van der Waals surface area contributed by atoms with Gasteiger partial charge in [0.15, 0.2) is 0 Å². The summed E-state index contributed by atoms with van der Waals surface area (Å²) < 4.78 is 0. The van der Waals surface area contributed by atoms with Crippen LogP contribution >= 0.6 is 0 Å². The molecule has 1 unspecified atom stereocenters. The number of likely N-dealkylation sites (N-methyl/N-ethyl adjacent to an activating group) is 1. The number of benzene rings is 2. The van der Waals surface area contributed by atoms with Gasteiger partial charge in [-0.1, -0.05) is 42.5 Å². The first kappa shape index (κ1) is 31.1. The third kappa shape index (κ3) is 9.31. The number of hydrogen-bond acceptors (Lipinski definition) is 7. The maximum absolute atomic E-state index is 13.8. The fourth-order valence-electron chi connectivity index (χ4n) is 4.61. The van der Waals surface area contributed by atoms with E-state index in [4.69, 9.17) is 11.5 Å². The normalized spacial score (nSPS) is 21.7. The highest BCUT2D eigenvalue weighted by molar-refractivity contribution is 5.95. The summed E-state index contributed by atoms with van der Waals surface area (Å²) in [6.45, 7) is 0.239. The van der Waals surface area contributed by atoms with E-state index in [-0.39, 0.29) is 50.3 Å². The number of carbonyl (C=O) groups is 5. The van der Waals surface area contributed by atoms with Crippen molar-refractivity contribution in [2.75, 3.05) is 13.6 Å². The van der Waals surface area contributed by atoms with Gasteiger partial charge in [-0.05, 0) is 48.9 Å². The molecule has 0 radical (unpaired) electrons. The first-order valence-corrected chi connectivity index (χ1v) is 13.6. The minimum absolute atomic E-state index is 0.0141. The molecule has 220 valence electrons. The van der Waals surface area contributed by atoms with Crippen LogP contribution in [0.15, 0.2) is 54.6 Å². The molecule has 1 saturated heterocycles. The summed E-state index contributed by atoms with van der Waals surface area (Å²) in [5.74, 6) is -2.73. The fraction of sp³-hybridized carbons (Fsp3) is 0.414. The molecule has 2 aromatic rings. The molecule has 0 saturated carbocycles. The Morgan fingerprint density at radius 1 is 1.05 bits per heavy atom. The molecule has 0 aliphatic carbocycles. The number of phenols is 1. The second kappa shape index (κ2) is 14.8. The summed E-state index contributed by atoms with van der Waals surface area (Å²) in [5.41, 5.74) is 13.1. The monoisotopic (exact) mass is 566 g/mol. The Hall–Kier alpha value is -4.45. The minimum Gasteiger partial charge on any atom is -0.508 e. The van der Waals surface area contributed by atoms with E-state index in [1.807, 2.05) is 18.2 Å². The van der Waals surface area contributed by atoms with Gasteiger partial charge >= 0.3 is 0 Å². The van der Waals surface area contributed by atoms with E-state index in [0.29, 0.717) is 6.42 Å². The number of hydrogen-bond donors (Lipinski definition) is 6. The van der Waals surface area contributed by atoms with Crippen LogP contribution in [0.25, 0.3) is 0 Å². The molecule has 5 amide bonds. The molecule has 12 heteroatoms. The van der Waals surface area contributed by atoms with Gasteiger partial charge in [-0.25, -0.2) is 0 Å². The Morgan fingerprint density at radius 2 is 1.73 bits per heavy atom. The number of phenolic OH excluding ortho intramolecular Hbond substituents is 1. The molecule has 2 aromatic carbocycles. The average molecular weight is 567 g/mol. The van der Waals surface area contributed by atoms with Crippen molar-refractivity contribution in [1.29, 1.82) is 0 Å². The van der Waals surface area contributed by atoms with Crippen LogP contribution in [0.5, 0.6) is 5.75 Å². The smallest absolute Gasteiger partial charge is 0.245 e. The summed E-state index contributed by atoms with van der Waals surface area (Å²) in [4.78, 5) is 66.0. The predicted octanol–water partition coefficient (Wildman–Crippen LogP) is -0.523. The average Bonchev–Trinajstić information content (AvgIpc) is 2.95. The van der Waals surface area contributed by atoms with E-state index in [2.05, 4.69) is 16.0 Å². The van der Waals surface area contributed by atoms with Crippen LogP contribution in [0.2, 0.25) is 0 Å². The Bertz CT molecular complexity index is 1220. The van der Waals surface area contributed by atoms with Gasteiger partial charge in [0.25, 0.3) is 0 Å². The maximum Gasteiger partial charge on any atom is 0.245 e. The maximum atomic E-state index is 13.8. The number of amides is 5. The molecular formula is C29H38N6O6. The number of nitrogens with one attached hydrogen (secondary N) is 3. The molecule has 0 aromatic heterocycles. The lowest BCUT2D eigenvalue weighted by Crippen LogP contribution is -2.58. The first-order valence-electron chi connectivity index (χ1n) is 13.6. The van der Waals surface area contributed by atoms with Crippen molar-refractivity contribution in [2.24, 2.45) is 11.5 Å². The summed E-state index contributed by atoms with van der Waals surface area (Å²) >= 11 is 0. The van der Waals surface area contributed by atoms with E-state index >= 15 is 0 Å². The second-order valence-corrected chi connectivity index (χ2v) is 10.2.